The van der Waals surface area contributed by atoms with Gasteiger partial charge in [-0.15, -0.1) is 0 Å². The fourth-order valence-corrected chi connectivity index (χ4v) is 5.28. The van der Waals surface area contributed by atoms with Crippen LogP contribution in [0.3, 0.4) is 0 Å². The molecule has 8 nitrogen and oxygen atoms in total. The molecule has 0 bridgehead atoms. The summed E-state index contributed by atoms with van der Waals surface area (Å²) in [5.41, 5.74) is 7.26. The van der Waals surface area contributed by atoms with Crippen molar-refractivity contribution in [3.05, 3.63) is 78.5 Å². The summed E-state index contributed by atoms with van der Waals surface area (Å²) >= 11 is 0. The highest BCUT2D eigenvalue weighted by Gasteiger charge is 2.18. The number of nitrogens with one attached hydrogen (secondary N) is 3. The second kappa shape index (κ2) is 9.59. The zero-order valence-corrected chi connectivity index (χ0v) is 21.3. The lowest BCUT2D eigenvalue weighted by Gasteiger charge is -2.23. The number of piperidine rings is 1. The molecule has 0 atom stereocenters. The van der Waals surface area contributed by atoms with Gasteiger partial charge in [0.15, 0.2) is 11.5 Å². The molecule has 0 spiro atoms. The molecule has 7 rings (SSSR count). The number of imidazole rings is 1. The molecule has 1 aliphatic rings. The number of ether oxygens (including phenoxy) is 1. The van der Waals surface area contributed by atoms with Crippen LogP contribution < -0.4 is 10.1 Å². The first kappa shape index (κ1) is 23.5. The van der Waals surface area contributed by atoms with Crippen molar-refractivity contribution in [2.24, 2.45) is 0 Å². The maximum absolute atomic E-state index is 14.2. The molecular formula is C30H26FN7O. The SMILES string of the molecule is Cc1cc(F)cc(-c2ccnc3nc(-c4n[nH]c5ccc(-c6cncc(OC7CCNCC7)c6)cc45)[nH]c23)c1. The number of aryl methyl sites for hydroxylation is 1. The molecule has 194 valence electrons. The average molecular weight is 520 g/mol. The van der Waals surface area contributed by atoms with Crippen molar-refractivity contribution in [2.45, 2.75) is 25.9 Å². The van der Waals surface area contributed by atoms with Crippen molar-refractivity contribution >= 4 is 22.1 Å². The van der Waals surface area contributed by atoms with Crippen LogP contribution in [0.4, 0.5) is 4.39 Å². The topological polar surface area (TPSA) is 104 Å². The molecule has 1 fully saturated rings. The second-order valence-corrected chi connectivity index (χ2v) is 9.97. The van der Waals surface area contributed by atoms with Gasteiger partial charge in [-0.05, 0) is 85.9 Å². The van der Waals surface area contributed by atoms with Crippen molar-refractivity contribution in [1.82, 2.24) is 35.5 Å². The Morgan fingerprint density at radius 3 is 2.72 bits per heavy atom. The summed E-state index contributed by atoms with van der Waals surface area (Å²) in [4.78, 5) is 17.0. The molecule has 0 unspecified atom stereocenters. The molecule has 1 aliphatic heterocycles. The van der Waals surface area contributed by atoms with E-state index in [-0.39, 0.29) is 11.9 Å². The van der Waals surface area contributed by atoms with E-state index in [2.05, 4.69) is 36.5 Å². The standard InChI is InChI=1S/C30H26FN7O/c1-17-10-19(12-21(31)11-17)24-6-9-34-29-27(24)35-30(36-29)28-25-14-18(2-3-26(25)37-38-28)20-13-23(16-33-15-20)39-22-4-7-32-8-5-22/h2-3,6,9-16,22,32H,4-5,7-8H2,1H3,(H,37,38)(H,34,35,36). The number of H-pyrrole nitrogens is 2. The monoisotopic (exact) mass is 519 g/mol. The predicted octanol–water partition coefficient (Wildman–Crippen LogP) is 5.81. The molecule has 1 saturated heterocycles. The van der Waals surface area contributed by atoms with Crippen molar-refractivity contribution in [1.29, 1.82) is 0 Å². The first-order chi connectivity index (χ1) is 19.1. The number of halogens is 1. The second-order valence-electron chi connectivity index (χ2n) is 9.97. The molecule has 0 aliphatic carbocycles. The summed E-state index contributed by atoms with van der Waals surface area (Å²) in [5, 5.41) is 12.0. The molecule has 6 aromatic rings. The summed E-state index contributed by atoms with van der Waals surface area (Å²) in [6.07, 6.45) is 7.48. The van der Waals surface area contributed by atoms with E-state index in [0.717, 1.165) is 75.9 Å². The minimum absolute atomic E-state index is 0.203. The number of hydrogen-bond donors (Lipinski definition) is 3. The van der Waals surface area contributed by atoms with Crippen molar-refractivity contribution in [2.75, 3.05) is 13.1 Å². The van der Waals surface area contributed by atoms with Crippen LogP contribution in [-0.2, 0) is 0 Å². The molecule has 0 saturated carbocycles. The lowest BCUT2D eigenvalue weighted by molar-refractivity contribution is 0.162. The minimum atomic E-state index is -0.278. The third-order valence-corrected chi connectivity index (χ3v) is 7.17. The van der Waals surface area contributed by atoms with Gasteiger partial charge in [0.2, 0.25) is 0 Å². The Kier molecular flexibility index (Phi) is 5.78. The van der Waals surface area contributed by atoms with Gasteiger partial charge >= 0.3 is 0 Å². The number of aromatic nitrogens is 6. The van der Waals surface area contributed by atoms with Crippen LogP contribution >= 0.6 is 0 Å². The van der Waals surface area contributed by atoms with Gasteiger partial charge in [0.05, 0.1) is 17.2 Å². The number of hydrogen-bond acceptors (Lipinski definition) is 6. The Balaban J connectivity index is 1.26. The van der Waals surface area contributed by atoms with Crippen LogP contribution in [0.25, 0.3) is 55.8 Å². The molecule has 39 heavy (non-hydrogen) atoms. The van der Waals surface area contributed by atoms with E-state index in [1.165, 1.54) is 12.1 Å². The molecule has 4 aromatic heterocycles. The summed E-state index contributed by atoms with van der Waals surface area (Å²) in [6.45, 7) is 3.82. The van der Waals surface area contributed by atoms with Crippen LogP contribution in [0.15, 0.2) is 67.1 Å². The highest BCUT2D eigenvalue weighted by Crippen LogP contribution is 2.33. The average Bonchev–Trinajstić information content (AvgIpc) is 3.57. The highest BCUT2D eigenvalue weighted by atomic mass is 19.1. The maximum atomic E-state index is 14.2. The zero-order chi connectivity index (χ0) is 26.3. The fourth-order valence-electron chi connectivity index (χ4n) is 5.28. The van der Waals surface area contributed by atoms with Gasteiger partial charge in [-0.2, -0.15) is 5.10 Å². The molecular weight excluding hydrogens is 493 g/mol. The quantitative estimate of drug-likeness (QED) is 0.266. The maximum Gasteiger partial charge on any atom is 0.178 e. The third-order valence-electron chi connectivity index (χ3n) is 7.17. The minimum Gasteiger partial charge on any atom is -0.489 e. The normalized spacial score (nSPS) is 14.3. The highest BCUT2D eigenvalue weighted by molar-refractivity contribution is 5.97. The number of aromatic amines is 2. The number of rotatable bonds is 5. The van der Waals surface area contributed by atoms with Crippen molar-refractivity contribution < 1.29 is 9.13 Å². The Bertz CT molecular complexity index is 1800. The molecule has 0 radical (unpaired) electrons. The Morgan fingerprint density at radius 1 is 0.949 bits per heavy atom. The van der Waals surface area contributed by atoms with Crippen LogP contribution in [0, 0.1) is 12.7 Å². The molecule has 9 heteroatoms. The van der Waals surface area contributed by atoms with Gasteiger partial charge in [0.1, 0.15) is 23.4 Å². The predicted molar refractivity (Wildman–Crippen MR) is 149 cm³/mol. The van der Waals surface area contributed by atoms with Crippen molar-refractivity contribution in [3.63, 3.8) is 0 Å². The van der Waals surface area contributed by atoms with E-state index in [9.17, 15) is 4.39 Å². The molecule has 0 amide bonds. The summed E-state index contributed by atoms with van der Waals surface area (Å²) in [5.74, 6) is 1.08. The molecule has 2 aromatic carbocycles. The molecule has 5 heterocycles. The van der Waals surface area contributed by atoms with E-state index >= 15 is 0 Å². The largest absolute Gasteiger partial charge is 0.489 e. The summed E-state index contributed by atoms with van der Waals surface area (Å²) in [6, 6.07) is 15.0. The van der Waals surface area contributed by atoms with Crippen LogP contribution in [0.2, 0.25) is 0 Å². The van der Waals surface area contributed by atoms with Crippen LogP contribution in [0.5, 0.6) is 5.75 Å². The number of benzene rings is 2. The Labute approximate surface area is 223 Å². The van der Waals surface area contributed by atoms with Gasteiger partial charge in [-0.3, -0.25) is 10.1 Å². The summed E-state index contributed by atoms with van der Waals surface area (Å²) in [7, 11) is 0. The zero-order valence-electron chi connectivity index (χ0n) is 21.3. The number of nitrogens with zero attached hydrogens (tertiary/aromatic N) is 4. The summed E-state index contributed by atoms with van der Waals surface area (Å²) < 4.78 is 20.4. The fraction of sp³-hybridized carbons (Fsp3) is 0.200. The van der Waals surface area contributed by atoms with Gasteiger partial charge in [-0.1, -0.05) is 12.1 Å². The molecule has 3 N–H and O–H groups in total. The van der Waals surface area contributed by atoms with Gasteiger partial charge in [0.25, 0.3) is 0 Å². The third kappa shape index (κ3) is 4.51. The lowest BCUT2D eigenvalue weighted by atomic mass is 10.0. The lowest BCUT2D eigenvalue weighted by Crippen LogP contribution is -2.34. The van der Waals surface area contributed by atoms with E-state index in [4.69, 9.17) is 9.72 Å². The van der Waals surface area contributed by atoms with E-state index < -0.39 is 0 Å². The van der Waals surface area contributed by atoms with Gasteiger partial charge in [0, 0.05) is 28.9 Å². The first-order valence-corrected chi connectivity index (χ1v) is 13.0. The van der Waals surface area contributed by atoms with E-state index in [1.807, 2.05) is 43.5 Å². The number of fused-ring (bicyclic) bond motifs is 2. The van der Waals surface area contributed by atoms with Gasteiger partial charge < -0.3 is 15.0 Å². The number of pyridine rings is 2. The first-order valence-electron chi connectivity index (χ1n) is 13.0. The van der Waals surface area contributed by atoms with Crippen LogP contribution in [-0.4, -0.2) is 49.3 Å². The Morgan fingerprint density at radius 2 is 1.85 bits per heavy atom. The van der Waals surface area contributed by atoms with E-state index in [0.29, 0.717) is 17.2 Å². The Hall–Kier alpha value is -4.63. The smallest absolute Gasteiger partial charge is 0.178 e. The van der Waals surface area contributed by atoms with Crippen LogP contribution in [0.1, 0.15) is 18.4 Å². The van der Waals surface area contributed by atoms with Gasteiger partial charge in [-0.25, -0.2) is 14.4 Å². The van der Waals surface area contributed by atoms with E-state index in [1.54, 1.807) is 12.4 Å². The van der Waals surface area contributed by atoms with Crippen molar-refractivity contribution in [3.8, 4) is 39.5 Å².